The van der Waals surface area contributed by atoms with Crippen LogP contribution in [0.2, 0.25) is 0 Å². The van der Waals surface area contributed by atoms with Gasteiger partial charge >= 0.3 is 0 Å². The third-order valence-electron chi connectivity index (χ3n) is 2.66. The maximum absolute atomic E-state index is 5.87. The van der Waals surface area contributed by atoms with Gasteiger partial charge in [0, 0.05) is 12.6 Å². The van der Waals surface area contributed by atoms with Gasteiger partial charge in [-0.2, -0.15) is 0 Å². The smallest absolute Gasteiger partial charge is 0.0204 e. The minimum absolute atomic E-state index is 0.0517. The molecule has 78 valence electrons. The molecule has 0 saturated carbocycles. The summed E-state index contributed by atoms with van der Waals surface area (Å²) in [5.41, 5.74) is 12.7. The van der Waals surface area contributed by atoms with E-state index >= 15 is 0 Å². The zero-order chi connectivity index (χ0) is 10.7. The van der Waals surface area contributed by atoms with Crippen molar-refractivity contribution in [2.75, 3.05) is 6.54 Å². The lowest BCUT2D eigenvalue weighted by molar-refractivity contribution is 0.681. The molecule has 1 atom stereocenters. The molecule has 0 aromatic heterocycles. The lowest BCUT2D eigenvalue weighted by Crippen LogP contribution is -2.31. The minimum atomic E-state index is 0.0517. The van der Waals surface area contributed by atoms with E-state index in [4.69, 9.17) is 11.5 Å². The van der Waals surface area contributed by atoms with Crippen molar-refractivity contribution in [1.29, 1.82) is 0 Å². The lowest BCUT2D eigenvalue weighted by Gasteiger charge is -2.11. The number of rotatable bonds is 3. The zero-order valence-electron chi connectivity index (χ0n) is 8.69. The number of hydrogen-bond acceptors (Lipinski definition) is 2. The SMILES string of the molecule is NC[C@@H](N)Cc1cccc2ccccc12. The summed E-state index contributed by atoms with van der Waals surface area (Å²) in [7, 11) is 0. The van der Waals surface area contributed by atoms with Gasteiger partial charge in [0.05, 0.1) is 0 Å². The molecule has 0 heterocycles. The molecule has 2 rings (SSSR count). The van der Waals surface area contributed by atoms with Gasteiger partial charge in [-0.25, -0.2) is 0 Å². The standard InChI is InChI=1S/C13H16N2/c14-9-12(15)8-11-6-3-5-10-4-1-2-7-13(10)11/h1-7,12H,8-9,14-15H2/t12-/m0/s1. The Morgan fingerprint density at radius 2 is 1.73 bits per heavy atom. The van der Waals surface area contributed by atoms with Crippen molar-refractivity contribution in [1.82, 2.24) is 0 Å². The van der Waals surface area contributed by atoms with Crippen LogP contribution in [0.5, 0.6) is 0 Å². The third kappa shape index (κ3) is 2.17. The average Bonchev–Trinajstić information content (AvgIpc) is 2.29. The molecule has 0 fully saturated rings. The summed E-state index contributed by atoms with van der Waals surface area (Å²) in [5, 5.41) is 2.54. The van der Waals surface area contributed by atoms with E-state index in [1.54, 1.807) is 0 Å². The molecule has 0 saturated heterocycles. The number of hydrogen-bond donors (Lipinski definition) is 2. The van der Waals surface area contributed by atoms with Crippen LogP contribution in [0.3, 0.4) is 0 Å². The van der Waals surface area contributed by atoms with E-state index in [1.807, 2.05) is 0 Å². The van der Waals surface area contributed by atoms with Crippen molar-refractivity contribution >= 4 is 10.8 Å². The Kier molecular flexibility index (Phi) is 2.99. The van der Waals surface area contributed by atoms with Gasteiger partial charge in [-0.05, 0) is 22.8 Å². The zero-order valence-corrected chi connectivity index (χ0v) is 8.69. The van der Waals surface area contributed by atoms with E-state index in [2.05, 4.69) is 42.5 Å². The van der Waals surface area contributed by atoms with Crippen LogP contribution in [0, 0.1) is 0 Å². The fraction of sp³-hybridized carbons (Fsp3) is 0.231. The molecule has 0 bridgehead atoms. The molecule has 0 amide bonds. The highest BCUT2D eigenvalue weighted by Gasteiger charge is 2.04. The van der Waals surface area contributed by atoms with Gasteiger partial charge in [-0.15, -0.1) is 0 Å². The fourth-order valence-electron chi connectivity index (χ4n) is 1.84. The monoisotopic (exact) mass is 200 g/mol. The molecule has 0 radical (unpaired) electrons. The van der Waals surface area contributed by atoms with E-state index in [0.29, 0.717) is 6.54 Å². The van der Waals surface area contributed by atoms with Crippen molar-refractivity contribution in [3.63, 3.8) is 0 Å². The first-order valence-electron chi connectivity index (χ1n) is 5.23. The predicted molar refractivity (Wildman–Crippen MR) is 64.7 cm³/mol. The van der Waals surface area contributed by atoms with Crippen LogP contribution in [0.25, 0.3) is 10.8 Å². The summed E-state index contributed by atoms with van der Waals surface area (Å²) in [5.74, 6) is 0. The first kappa shape index (κ1) is 10.1. The highest BCUT2D eigenvalue weighted by Crippen LogP contribution is 2.19. The Balaban J connectivity index is 2.42. The fourth-order valence-corrected chi connectivity index (χ4v) is 1.84. The Hall–Kier alpha value is -1.38. The Morgan fingerprint density at radius 1 is 1.00 bits per heavy atom. The molecule has 4 N–H and O–H groups in total. The Morgan fingerprint density at radius 3 is 2.53 bits per heavy atom. The molecule has 15 heavy (non-hydrogen) atoms. The second-order valence-corrected chi connectivity index (χ2v) is 3.84. The van der Waals surface area contributed by atoms with Crippen molar-refractivity contribution in [3.8, 4) is 0 Å². The molecule has 2 heteroatoms. The highest BCUT2D eigenvalue weighted by atomic mass is 14.7. The second kappa shape index (κ2) is 4.43. The Bertz CT molecular complexity index is 446. The number of benzene rings is 2. The van der Waals surface area contributed by atoms with Crippen LogP contribution < -0.4 is 11.5 Å². The largest absolute Gasteiger partial charge is 0.329 e. The molecular weight excluding hydrogens is 184 g/mol. The topological polar surface area (TPSA) is 52.0 Å². The molecule has 2 aromatic rings. The van der Waals surface area contributed by atoms with Crippen LogP contribution in [-0.2, 0) is 6.42 Å². The van der Waals surface area contributed by atoms with Crippen molar-refractivity contribution in [3.05, 3.63) is 48.0 Å². The third-order valence-corrected chi connectivity index (χ3v) is 2.66. The number of nitrogens with two attached hydrogens (primary N) is 2. The van der Waals surface area contributed by atoms with Crippen LogP contribution in [0.15, 0.2) is 42.5 Å². The average molecular weight is 200 g/mol. The number of fused-ring (bicyclic) bond motifs is 1. The molecule has 0 unspecified atom stereocenters. The van der Waals surface area contributed by atoms with Gasteiger partial charge in [0.1, 0.15) is 0 Å². The van der Waals surface area contributed by atoms with Crippen LogP contribution >= 0.6 is 0 Å². The van der Waals surface area contributed by atoms with Gasteiger partial charge in [0.25, 0.3) is 0 Å². The highest BCUT2D eigenvalue weighted by molar-refractivity contribution is 5.85. The maximum Gasteiger partial charge on any atom is 0.0204 e. The van der Waals surface area contributed by atoms with E-state index in [1.165, 1.54) is 16.3 Å². The molecule has 0 spiro atoms. The first-order valence-corrected chi connectivity index (χ1v) is 5.23. The summed E-state index contributed by atoms with van der Waals surface area (Å²) in [4.78, 5) is 0. The van der Waals surface area contributed by atoms with E-state index in [9.17, 15) is 0 Å². The quantitative estimate of drug-likeness (QED) is 0.791. The molecule has 0 aliphatic rings. The van der Waals surface area contributed by atoms with E-state index in [-0.39, 0.29) is 6.04 Å². The van der Waals surface area contributed by atoms with Gasteiger partial charge < -0.3 is 11.5 Å². The van der Waals surface area contributed by atoms with E-state index in [0.717, 1.165) is 6.42 Å². The molecule has 2 aromatic carbocycles. The lowest BCUT2D eigenvalue weighted by atomic mass is 9.99. The molecule has 2 nitrogen and oxygen atoms in total. The van der Waals surface area contributed by atoms with Crippen LogP contribution in [-0.4, -0.2) is 12.6 Å². The van der Waals surface area contributed by atoms with Crippen molar-refractivity contribution in [2.24, 2.45) is 11.5 Å². The first-order chi connectivity index (χ1) is 7.31. The Labute approximate surface area is 89.9 Å². The van der Waals surface area contributed by atoms with E-state index < -0.39 is 0 Å². The molecule has 0 aliphatic heterocycles. The van der Waals surface area contributed by atoms with Gasteiger partial charge in [0.2, 0.25) is 0 Å². The predicted octanol–water partition coefficient (Wildman–Crippen LogP) is 1.67. The van der Waals surface area contributed by atoms with Crippen LogP contribution in [0.4, 0.5) is 0 Å². The minimum Gasteiger partial charge on any atom is -0.329 e. The molecular formula is C13H16N2. The van der Waals surface area contributed by atoms with Crippen molar-refractivity contribution < 1.29 is 0 Å². The summed E-state index contributed by atoms with van der Waals surface area (Å²) >= 11 is 0. The van der Waals surface area contributed by atoms with Gasteiger partial charge in [-0.3, -0.25) is 0 Å². The summed E-state index contributed by atoms with van der Waals surface area (Å²) < 4.78 is 0. The van der Waals surface area contributed by atoms with Crippen molar-refractivity contribution in [2.45, 2.75) is 12.5 Å². The summed E-state index contributed by atoms with van der Waals surface area (Å²) in [6, 6.07) is 14.7. The normalized spacial score (nSPS) is 12.9. The van der Waals surface area contributed by atoms with Gasteiger partial charge in [-0.1, -0.05) is 42.5 Å². The summed E-state index contributed by atoms with van der Waals surface area (Å²) in [6.07, 6.45) is 0.845. The van der Waals surface area contributed by atoms with Gasteiger partial charge in [0.15, 0.2) is 0 Å². The second-order valence-electron chi connectivity index (χ2n) is 3.84. The molecule has 0 aliphatic carbocycles. The maximum atomic E-state index is 5.87. The van der Waals surface area contributed by atoms with Crippen LogP contribution in [0.1, 0.15) is 5.56 Å². The summed E-state index contributed by atoms with van der Waals surface area (Å²) in [6.45, 7) is 0.531.